The molecule has 1 aromatic carbocycles. The van der Waals surface area contributed by atoms with Gasteiger partial charge < -0.3 is 5.11 Å². The average molecular weight is 282 g/mol. The second-order valence-corrected chi connectivity index (χ2v) is 4.87. The van der Waals surface area contributed by atoms with E-state index in [0.29, 0.717) is 6.54 Å². The smallest absolute Gasteiger partial charge is 0.305 e. The number of hydrogen-bond acceptors (Lipinski definition) is 4. The molecule has 1 N–H and O–H groups in total. The molecule has 7 heteroatoms. The first-order valence-corrected chi connectivity index (χ1v) is 6.36. The molecule has 1 heterocycles. The van der Waals surface area contributed by atoms with E-state index in [-0.39, 0.29) is 24.6 Å². The number of hydrogen-bond donors (Lipinski definition) is 1. The number of halogens is 1. The maximum atomic E-state index is 14.0. The highest BCUT2D eigenvalue weighted by molar-refractivity contribution is 5.67. The van der Waals surface area contributed by atoms with Gasteiger partial charge in [-0.05, 0) is 19.4 Å². The van der Waals surface area contributed by atoms with Crippen molar-refractivity contribution in [3.05, 3.63) is 39.7 Å². The van der Waals surface area contributed by atoms with Crippen LogP contribution < -0.4 is 0 Å². The van der Waals surface area contributed by atoms with E-state index in [1.807, 2.05) is 4.90 Å². The lowest BCUT2D eigenvalue weighted by atomic mass is 10.1. The van der Waals surface area contributed by atoms with Gasteiger partial charge in [0.15, 0.2) is 0 Å². The van der Waals surface area contributed by atoms with Crippen molar-refractivity contribution in [3.8, 4) is 0 Å². The van der Waals surface area contributed by atoms with Crippen molar-refractivity contribution in [2.45, 2.75) is 31.8 Å². The highest BCUT2D eigenvalue weighted by Crippen LogP contribution is 2.26. The predicted molar refractivity (Wildman–Crippen MR) is 68.7 cm³/mol. The Morgan fingerprint density at radius 2 is 2.30 bits per heavy atom. The van der Waals surface area contributed by atoms with E-state index < -0.39 is 22.4 Å². The third-order valence-electron chi connectivity index (χ3n) is 3.54. The van der Waals surface area contributed by atoms with Gasteiger partial charge in [-0.1, -0.05) is 12.1 Å². The van der Waals surface area contributed by atoms with Gasteiger partial charge >= 0.3 is 11.7 Å². The monoisotopic (exact) mass is 282 g/mol. The fourth-order valence-electron chi connectivity index (χ4n) is 2.58. The lowest BCUT2D eigenvalue weighted by Gasteiger charge is -2.23. The van der Waals surface area contributed by atoms with Crippen LogP contribution in [0.4, 0.5) is 10.1 Å². The summed E-state index contributed by atoms with van der Waals surface area (Å²) in [6.07, 6.45) is 1.62. The van der Waals surface area contributed by atoms with Gasteiger partial charge in [0.1, 0.15) is 0 Å². The van der Waals surface area contributed by atoms with Crippen molar-refractivity contribution in [1.29, 1.82) is 0 Å². The number of nitrogens with zero attached hydrogens (tertiary/aromatic N) is 2. The minimum absolute atomic E-state index is 0.0105. The number of carboxylic acid groups (broad SMARTS) is 1. The van der Waals surface area contributed by atoms with Crippen molar-refractivity contribution in [3.63, 3.8) is 0 Å². The lowest BCUT2D eigenvalue weighted by molar-refractivity contribution is -0.387. The standard InChI is InChI=1S/C13H15FN2O4/c14-13-9(3-1-5-11(13)16(19)20)8-15-6-2-4-10(15)7-12(17)18/h1,3,5,10H,2,4,6-8H2,(H,17,18). The zero-order valence-corrected chi connectivity index (χ0v) is 10.8. The zero-order chi connectivity index (χ0) is 14.7. The Hall–Kier alpha value is -2.02. The van der Waals surface area contributed by atoms with Crippen LogP contribution in [0, 0.1) is 15.9 Å². The van der Waals surface area contributed by atoms with Crippen molar-refractivity contribution >= 4 is 11.7 Å². The van der Waals surface area contributed by atoms with E-state index >= 15 is 0 Å². The van der Waals surface area contributed by atoms with Gasteiger partial charge in [-0.3, -0.25) is 19.8 Å². The van der Waals surface area contributed by atoms with Gasteiger partial charge in [0.2, 0.25) is 5.82 Å². The molecular formula is C13H15FN2O4. The number of aliphatic carboxylic acids is 1. The third-order valence-corrected chi connectivity index (χ3v) is 3.54. The first kappa shape index (κ1) is 14.4. The van der Waals surface area contributed by atoms with Crippen molar-refractivity contribution in [2.75, 3.05) is 6.54 Å². The third kappa shape index (κ3) is 3.11. The molecule has 108 valence electrons. The fraction of sp³-hybridized carbons (Fsp3) is 0.462. The van der Waals surface area contributed by atoms with Gasteiger partial charge in [-0.2, -0.15) is 4.39 Å². The summed E-state index contributed by atoms with van der Waals surface area (Å²) in [6.45, 7) is 0.880. The molecule has 0 saturated carbocycles. The molecule has 1 fully saturated rings. The number of nitro groups is 1. The Kier molecular flexibility index (Phi) is 4.29. The molecule has 0 radical (unpaired) electrons. The summed E-state index contributed by atoms with van der Waals surface area (Å²) in [7, 11) is 0. The average Bonchev–Trinajstić information content (AvgIpc) is 2.78. The van der Waals surface area contributed by atoms with Crippen LogP contribution in [-0.4, -0.2) is 33.5 Å². The van der Waals surface area contributed by atoms with Gasteiger partial charge in [0.05, 0.1) is 11.3 Å². The van der Waals surface area contributed by atoms with Crippen molar-refractivity contribution in [1.82, 2.24) is 4.90 Å². The van der Waals surface area contributed by atoms with Crippen LogP contribution in [0.3, 0.4) is 0 Å². The van der Waals surface area contributed by atoms with Crippen LogP contribution in [0.1, 0.15) is 24.8 Å². The molecule has 1 unspecified atom stereocenters. The first-order valence-electron chi connectivity index (χ1n) is 6.36. The minimum atomic E-state index is -0.888. The van der Waals surface area contributed by atoms with E-state index in [9.17, 15) is 19.3 Å². The van der Waals surface area contributed by atoms with Crippen LogP contribution in [-0.2, 0) is 11.3 Å². The minimum Gasteiger partial charge on any atom is -0.481 e. The largest absolute Gasteiger partial charge is 0.481 e. The molecule has 1 aromatic rings. The Labute approximate surface area is 115 Å². The topological polar surface area (TPSA) is 83.7 Å². The van der Waals surface area contributed by atoms with Crippen LogP contribution in [0.15, 0.2) is 18.2 Å². The highest BCUT2D eigenvalue weighted by Gasteiger charge is 2.28. The summed E-state index contributed by atoms with van der Waals surface area (Å²) in [5.41, 5.74) is -0.312. The molecule has 0 aromatic heterocycles. The Morgan fingerprint density at radius 1 is 1.55 bits per heavy atom. The summed E-state index contributed by atoms with van der Waals surface area (Å²) in [6, 6.07) is 3.93. The van der Waals surface area contributed by atoms with E-state index in [0.717, 1.165) is 18.9 Å². The van der Waals surface area contributed by atoms with Gasteiger partial charge in [0, 0.05) is 24.2 Å². The Balaban J connectivity index is 2.15. The fourth-order valence-corrected chi connectivity index (χ4v) is 2.58. The highest BCUT2D eigenvalue weighted by atomic mass is 19.1. The molecule has 1 atom stereocenters. The Morgan fingerprint density at radius 3 is 2.95 bits per heavy atom. The van der Waals surface area contributed by atoms with Crippen LogP contribution in [0.2, 0.25) is 0 Å². The van der Waals surface area contributed by atoms with Gasteiger partial charge in [0.25, 0.3) is 0 Å². The predicted octanol–water partition coefficient (Wildman–Crippen LogP) is 2.17. The molecule has 1 aliphatic rings. The maximum Gasteiger partial charge on any atom is 0.305 e. The summed E-state index contributed by atoms with van der Waals surface area (Å²) in [4.78, 5) is 22.6. The van der Waals surface area contributed by atoms with E-state index in [1.54, 1.807) is 0 Å². The number of nitro benzene ring substituents is 1. The molecule has 1 saturated heterocycles. The van der Waals surface area contributed by atoms with E-state index in [1.165, 1.54) is 12.1 Å². The van der Waals surface area contributed by atoms with Crippen LogP contribution >= 0.6 is 0 Å². The molecule has 20 heavy (non-hydrogen) atoms. The van der Waals surface area contributed by atoms with Crippen LogP contribution in [0.5, 0.6) is 0 Å². The second kappa shape index (κ2) is 5.96. The molecular weight excluding hydrogens is 267 g/mol. The molecule has 0 aliphatic carbocycles. The maximum absolute atomic E-state index is 14.0. The number of carbonyl (C=O) groups is 1. The van der Waals surface area contributed by atoms with Crippen LogP contribution in [0.25, 0.3) is 0 Å². The molecule has 0 spiro atoms. The lowest BCUT2D eigenvalue weighted by Crippen LogP contribution is -2.31. The van der Waals surface area contributed by atoms with E-state index in [2.05, 4.69) is 0 Å². The van der Waals surface area contributed by atoms with Gasteiger partial charge in [-0.25, -0.2) is 0 Å². The summed E-state index contributed by atoms with van der Waals surface area (Å²) < 4.78 is 14.0. The Bertz CT molecular complexity index is 535. The summed E-state index contributed by atoms with van der Waals surface area (Å²) in [5.74, 6) is -1.72. The number of rotatable bonds is 5. The second-order valence-electron chi connectivity index (χ2n) is 4.87. The molecule has 0 bridgehead atoms. The van der Waals surface area contributed by atoms with E-state index in [4.69, 9.17) is 5.11 Å². The molecule has 0 amide bonds. The number of likely N-dealkylation sites (tertiary alicyclic amines) is 1. The van der Waals surface area contributed by atoms with Crippen molar-refractivity contribution in [2.24, 2.45) is 0 Å². The quantitative estimate of drug-likeness (QED) is 0.661. The number of benzene rings is 1. The van der Waals surface area contributed by atoms with Crippen molar-refractivity contribution < 1.29 is 19.2 Å². The number of carboxylic acids is 1. The van der Waals surface area contributed by atoms with Gasteiger partial charge in [-0.15, -0.1) is 0 Å². The summed E-state index contributed by atoms with van der Waals surface area (Å²) >= 11 is 0. The molecule has 6 nitrogen and oxygen atoms in total. The normalized spacial score (nSPS) is 19.1. The SMILES string of the molecule is O=C(O)CC1CCCN1Cc1cccc([N+](=O)[O-])c1F. The first-order chi connectivity index (χ1) is 9.49. The molecule has 2 rings (SSSR count). The summed E-state index contributed by atoms with van der Waals surface area (Å²) in [5, 5.41) is 19.5. The molecule has 1 aliphatic heterocycles. The zero-order valence-electron chi connectivity index (χ0n) is 10.8.